The smallest absolute Gasteiger partial charge is 0.322 e. The van der Waals surface area contributed by atoms with Crippen LogP contribution in [0.3, 0.4) is 0 Å². The second-order valence-corrected chi connectivity index (χ2v) is 7.55. The maximum atomic E-state index is 14.0. The highest BCUT2D eigenvalue weighted by molar-refractivity contribution is 5.99. The minimum absolute atomic E-state index is 0.0687. The zero-order valence-electron chi connectivity index (χ0n) is 16.6. The van der Waals surface area contributed by atoms with Gasteiger partial charge in [0, 0.05) is 30.2 Å². The van der Waals surface area contributed by atoms with Gasteiger partial charge in [-0.25, -0.2) is 9.37 Å². The van der Waals surface area contributed by atoms with Gasteiger partial charge in [0.2, 0.25) is 0 Å². The Hall–Kier alpha value is -3.19. The van der Waals surface area contributed by atoms with Crippen molar-refractivity contribution in [3.8, 4) is 16.9 Å². The fourth-order valence-electron chi connectivity index (χ4n) is 4.06. The Bertz CT molecular complexity index is 1110. The number of carbonyl (C=O) groups is 1. The van der Waals surface area contributed by atoms with E-state index in [9.17, 15) is 19.4 Å². The minimum Gasteiger partial charge on any atom is -0.508 e. The van der Waals surface area contributed by atoms with Crippen LogP contribution in [0.25, 0.3) is 22.0 Å². The van der Waals surface area contributed by atoms with Crippen molar-refractivity contribution < 1.29 is 24.1 Å². The van der Waals surface area contributed by atoms with Crippen molar-refractivity contribution in [1.82, 2.24) is 4.98 Å². The molecule has 0 spiro atoms. The molecule has 0 radical (unpaired) electrons. The molecule has 1 aliphatic heterocycles. The van der Waals surface area contributed by atoms with Crippen molar-refractivity contribution in [2.45, 2.75) is 25.7 Å². The summed E-state index contributed by atoms with van der Waals surface area (Å²) in [5, 5.41) is 22.9. The van der Waals surface area contributed by atoms with Crippen LogP contribution >= 0.6 is 0 Å². The maximum Gasteiger partial charge on any atom is 0.322 e. The lowest BCUT2D eigenvalue weighted by Crippen LogP contribution is -2.20. The zero-order valence-corrected chi connectivity index (χ0v) is 16.6. The number of aliphatic carboxylic acids is 1. The van der Waals surface area contributed by atoms with Gasteiger partial charge in [-0.1, -0.05) is 6.07 Å². The molecule has 30 heavy (non-hydrogen) atoms. The van der Waals surface area contributed by atoms with Crippen LogP contribution in [0.1, 0.15) is 29.9 Å². The fraction of sp³-hybridized carbons (Fsp3) is 0.304. The lowest BCUT2D eigenvalue weighted by Gasteiger charge is -2.28. The number of carboxylic acid groups (broad SMARTS) is 1. The van der Waals surface area contributed by atoms with Gasteiger partial charge in [0.25, 0.3) is 0 Å². The van der Waals surface area contributed by atoms with Crippen molar-refractivity contribution in [1.29, 1.82) is 0 Å². The number of phenols is 1. The zero-order chi connectivity index (χ0) is 21.3. The van der Waals surface area contributed by atoms with Gasteiger partial charge in [0.05, 0.1) is 5.52 Å². The number of carboxylic acids is 1. The third-order valence-corrected chi connectivity index (χ3v) is 5.49. The van der Waals surface area contributed by atoms with Crippen LogP contribution in [0.15, 0.2) is 36.4 Å². The summed E-state index contributed by atoms with van der Waals surface area (Å²) in [7, 11) is 0. The Kier molecular flexibility index (Phi) is 5.55. The number of halogens is 1. The number of fused-ring (bicyclic) bond motifs is 1. The maximum absolute atomic E-state index is 14.0. The Morgan fingerprint density at radius 2 is 2.00 bits per heavy atom. The Labute approximate surface area is 173 Å². The minimum atomic E-state index is -0.995. The molecule has 156 valence electrons. The standard InChI is InChI=1S/C23H23FN2O4/c1-13-10-15(2-5-18(13)24)21-17-4-3-16(27)11-19(17)26-23(25-12-20(28)29)22(21)14-6-8-30-9-7-14/h2-5,10-11,14,27H,6-9,12H2,1H3,(H,25,26)(H,28,29). The number of aromatic hydroxyl groups is 1. The van der Waals surface area contributed by atoms with Crippen LogP contribution in [0.5, 0.6) is 5.75 Å². The molecule has 0 saturated carbocycles. The van der Waals surface area contributed by atoms with Gasteiger partial charge in [-0.3, -0.25) is 4.79 Å². The van der Waals surface area contributed by atoms with Crippen molar-refractivity contribution in [3.05, 3.63) is 53.3 Å². The normalized spacial score (nSPS) is 14.7. The number of ether oxygens (including phenoxy) is 1. The van der Waals surface area contributed by atoms with Gasteiger partial charge in [0.15, 0.2) is 0 Å². The van der Waals surface area contributed by atoms with E-state index in [1.54, 1.807) is 37.3 Å². The number of rotatable bonds is 5. The Morgan fingerprint density at radius 3 is 2.70 bits per heavy atom. The highest BCUT2D eigenvalue weighted by Crippen LogP contribution is 2.43. The topological polar surface area (TPSA) is 91.7 Å². The second-order valence-electron chi connectivity index (χ2n) is 7.55. The number of aromatic nitrogens is 1. The molecule has 0 unspecified atom stereocenters. The molecule has 0 aliphatic carbocycles. The number of aryl methyl sites for hydroxylation is 1. The van der Waals surface area contributed by atoms with Gasteiger partial charge < -0.3 is 20.3 Å². The molecule has 7 heteroatoms. The molecular formula is C23H23FN2O4. The largest absolute Gasteiger partial charge is 0.508 e. The van der Waals surface area contributed by atoms with Gasteiger partial charge >= 0.3 is 5.97 Å². The first-order valence-corrected chi connectivity index (χ1v) is 9.90. The Morgan fingerprint density at radius 1 is 1.23 bits per heavy atom. The number of pyridine rings is 1. The predicted molar refractivity (Wildman–Crippen MR) is 112 cm³/mol. The number of benzene rings is 2. The number of phenolic OH excluding ortho intramolecular Hbond substituents is 1. The highest BCUT2D eigenvalue weighted by atomic mass is 19.1. The van der Waals surface area contributed by atoms with Crippen molar-refractivity contribution in [2.24, 2.45) is 0 Å². The van der Waals surface area contributed by atoms with Crippen molar-refractivity contribution >= 4 is 22.7 Å². The van der Waals surface area contributed by atoms with E-state index in [0.29, 0.717) is 30.1 Å². The molecule has 1 aromatic heterocycles. The average Bonchev–Trinajstić information content (AvgIpc) is 2.73. The quantitative estimate of drug-likeness (QED) is 0.576. The van der Waals surface area contributed by atoms with E-state index in [0.717, 1.165) is 34.9 Å². The third-order valence-electron chi connectivity index (χ3n) is 5.49. The molecule has 6 nitrogen and oxygen atoms in total. The molecule has 3 N–H and O–H groups in total. The summed E-state index contributed by atoms with van der Waals surface area (Å²) in [6.07, 6.45) is 1.56. The van der Waals surface area contributed by atoms with Gasteiger partial charge in [-0.15, -0.1) is 0 Å². The predicted octanol–water partition coefficient (Wildman–Crippen LogP) is 4.45. The summed E-state index contributed by atoms with van der Waals surface area (Å²) in [5.41, 5.74) is 3.67. The van der Waals surface area contributed by atoms with Crippen LogP contribution < -0.4 is 5.32 Å². The molecule has 0 atom stereocenters. The monoisotopic (exact) mass is 410 g/mol. The van der Waals surface area contributed by atoms with Crippen LogP contribution in [-0.2, 0) is 9.53 Å². The molecule has 1 aliphatic rings. The molecule has 1 saturated heterocycles. The number of hydrogen-bond donors (Lipinski definition) is 3. The molecule has 3 aromatic rings. The lowest BCUT2D eigenvalue weighted by molar-refractivity contribution is -0.134. The van der Waals surface area contributed by atoms with Gasteiger partial charge in [0.1, 0.15) is 23.9 Å². The molecule has 2 aromatic carbocycles. The molecule has 1 fully saturated rings. The average molecular weight is 410 g/mol. The molecule has 4 rings (SSSR count). The first kappa shape index (κ1) is 20.1. The van der Waals surface area contributed by atoms with E-state index in [1.165, 1.54) is 6.07 Å². The van der Waals surface area contributed by atoms with E-state index >= 15 is 0 Å². The molecular weight excluding hydrogens is 387 g/mol. The summed E-state index contributed by atoms with van der Waals surface area (Å²) >= 11 is 0. The molecule has 0 amide bonds. The number of nitrogens with one attached hydrogen (secondary N) is 1. The lowest BCUT2D eigenvalue weighted by atomic mass is 9.84. The van der Waals surface area contributed by atoms with E-state index in [1.807, 2.05) is 0 Å². The number of nitrogens with zero attached hydrogens (tertiary/aromatic N) is 1. The number of hydrogen-bond acceptors (Lipinski definition) is 5. The van der Waals surface area contributed by atoms with Crippen LogP contribution in [0, 0.1) is 12.7 Å². The van der Waals surface area contributed by atoms with E-state index in [4.69, 9.17) is 4.74 Å². The molecule has 2 heterocycles. The van der Waals surface area contributed by atoms with Crippen molar-refractivity contribution in [2.75, 3.05) is 25.1 Å². The Balaban J connectivity index is 2.02. The van der Waals surface area contributed by atoms with Gasteiger partial charge in [-0.2, -0.15) is 0 Å². The summed E-state index contributed by atoms with van der Waals surface area (Å²) < 4.78 is 19.5. The molecule has 0 bridgehead atoms. The first-order valence-electron chi connectivity index (χ1n) is 9.90. The number of anilines is 1. The summed E-state index contributed by atoms with van der Waals surface area (Å²) in [6.45, 7) is 2.65. The van der Waals surface area contributed by atoms with Gasteiger partial charge in [-0.05, 0) is 66.6 Å². The van der Waals surface area contributed by atoms with E-state index < -0.39 is 5.97 Å². The summed E-state index contributed by atoms with van der Waals surface area (Å²) in [5.74, 6) is -0.628. The first-order chi connectivity index (χ1) is 14.4. The third kappa shape index (κ3) is 3.93. The van der Waals surface area contributed by atoms with Crippen LogP contribution in [0.4, 0.5) is 10.2 Å². The second kappa shape index (κ2) is 8.28. The highest BCUT2D eigenvalue weighted by Gasteiger charge is 2.26. The fourth-order valence-corrected chi connectivity index (χ4v) is 4.06. The summed E-state index contributed by atoms with van der Waals surface area (Å²) in [6, 6.07) is 9.91. The summed E-state index contributed by atoms with van der Waals surface area (Å²) in [4.78, 5) is 15.9. The van der Waals surface area contributed by atoms with E-state index in [2.05, 4.69) is 10.3 Å². The van der Waals surface area contributed by atoms with Crippen LogP contribution in [-0.4, -0.2) is 40.9 Å². The van der Waals surface area contributed by atoms with Crippen molar-refractivity contribution in [3.63, 3.8) is 0 Å². The SMILES string of the molecule is Cc1cc(-c2c(C3CCOCC3)c(NCC(=O)O)nc3cc(O)ccc23)ccc1F. The van der Waals surface area contributed by atoms with Crippen LogP contribution in [0.2, 0.25) is 0 Å². The van der Waals surface area contributed by atoms with E-state index in [-0.39, 0.29) is 24.0 Å².